The summed E-state index contributed by atoms with van der Waals surface area (Å²) in [6.07, 6.45) is 3.92. The smallest absolute Gasteiger partial charge is 0.332 e. The molecule has 0 fully saturated rings. The second kappa shape index (κ2) is 6.19. The summed E-state index contributed by atoms with van der Waals surface area (Å²) in [5.74, 6) is -0.359. The third-order valence-electron chi connectivity index (χ3n) is 2.91. The molecule has 102 valence electrons. The van der Waals surface area contributed by atoms with Crippen LogP contribution < -0.4 is 5.32 Å². The average Bonchev–Trinajstić information content (AvgIpc) is 2.90. The molecule has 0 bridgehead atoms. The van der Waals surface area contributed by atoms with Crippen molar-refractivity contribution < 1.29 is 19.1 Å². The van der Waals surface area contributed by atoms with Crippen LogP contribution in [0.4, 0.5) is 0 Å². The highest BCUT2D eigenvalue weighted by atomic mass is 16.4. The maximum Gasteiger partial charge on any atom is 0.332 e. The van der Waals surface area contributed by atoms with Crippen LogP contribution in [0.15, 0.2) is 34.5 Å². The predicted octanol–water partition coefficient (Wildman–Crippen LogP) is 0.613. The Hall–Kier alpha value is -2.08. The summed E-state index contributed by atoms with van der Waals surface area (Å²) >= 11 is 0. The Balaban J connectivity index is 1.76. The summed E-state index contributed by atoms with van der Waals surface area (Å²) in [6, 6.07) is 3.54. The van der Waals surface area contributed by atoms with Crippen molar-refractivity contribution in [1.29, 1.82) is 0 Å². The molecule has 1 aliphatic rings. The van der Waals surface area contributed by atoms with Gasteiger partial charge in [-0.05, 0) is 18.6 Å². The molecule has 2 heterocycles. The van der Waals surface area contributed by atoms with E-state index in [0.717, 1.165) is 0 Å². The number of carbonyl (C=O) groups is 2. The van der Waals surface area contributed by atoms with Gasteiger partial charge in [0.15, 0.2) is 0 Å². The first-order valence-corrected chi connectivity index (χ1v) is 6.09. The molecule has 0 unspecified atom stereocenters. The molecule has 0 aliphatic carbocycles. The molecule has 0 atom stereocenters. The number of carbonyl (C=O) groups excluding carboxylic acids is 1. The second-order valence-corrected chi connectivity index (χ2v) is 4.39. The van der Waals surface area contributed by atoms with E-state index in [9.17, 15) is 9.59 Å². The molecule has 2 rings (SSSR count). The number of furan rings is 1. The van der Waals surface area contributed by atoms with Gasteiger partial charge in [0.25, 0.3) is 0 Å². The Morgan fingerprint density at radius 2 is 2.32 bits per heavy atom. The van der Waals surface area contributed by atoms with E-state index >= 15 is 0 Å². The largest absolute Gasteiger partial charge is 0.478 e. The minimum Gasteiger partial charge on any atom is -0.478 e. The van der Waals surface area contributed by atoms with E-state index in [1.165, 1.54) is 0 Å². The third-order valence-corrected chi connectivity index (χ3v) is 2.91. The van der Waals surface area contributed by atoms with Gasteiger partial charge in [-0.2, -0.15) is 0 Å². The van der Waals surface area contributed by atoms with Gasteiger partial charge in [-0.3, -0.25) is 9.69 Å². The Bertz CT molecular complexity index is 479. The van der Waals surface area contributed by atoms with Crippen molar-refractivity contribution in [2.45, 2.75) is 13.0 Å². The zero-order valence-electron chi connectivity index (χ0n) is 10.5. The Morgan fingerprint density at radius 3 is 3.00 bits per heavy atom. The fourth-order valence-corrected chi connectivity index (χ4v) is 1.95. The number of rotatable bonds is 5. The van der Waals surface area contributed by atoms with Crippen molar-refractivity contribution in [3.63, 3.8) is 0 Å². The maximum atomic E-state index is 11.7. The van der Waals surface area contributed by atoms with Crippen LogP contribution in [-0.2, 0) is 16.1 Å². The van der Waals surface area contributed by atoms with E-state index in [2.05, 4.69) is 5.32 Å². The molecule has 1 amide bonds. The third kappa shape index (κ3) is 3.96. The van der Waals surface area contributed by atoms with Gasteiger partial charge < -0.3 is 14.8 Å². The molecule has 0 saturated carbocycles. The van der Waals surface area contributed by atoms with E-state index < -0.39 is 5.97 Å². The minimum atomic E-state index is -0.916. The Kier molecular flexibility index (Phi) is 4.35. The van der Waals surface area contributed by atoms with Crippen molar-refractivity contribution in [2.75, 3.05) is 19.6 Å². The molecule has 1 aliphatic heterocycles. The molecule has 1 aromatic rings. The number of carboxylic acid groups (broad SMARTS) is 1. The first-order chi connectivity index (χ1) is 9.15. The highest BCUT2D eigenvalue weighted by Gasteiger charge is 2.19. The van der Waals surface area contributed by atoms with Crippen molar-refractivity contribution in [1.82, 2.24) is 10.2 Å². The lowest BCUT2D eigenvalue weighted by molar-refractivity contribution is -0.133. The van der Waals surface area contributed by atoms with Crippen LogP contribution in [0.2, 0.25) is 0 Å². The zero-order chi connectivity index (χ0) is 13.7. The van der Waals surface area contributed by atoms with Crippen LogP contribution in [0.5, 0.6) is 0 Å². The molecular formula is C13H16N2O4. The number of nitrogens with zero attached hydrogens (tertiary/aromatic N) is 1. The molecule has 2 N–H and O–H groups in total. The summed E-state index contributed by atoms with van der Waals surface area (Å²) in [7, 11) is 0. The highest BCUT2D eigenvalue weighted by Crippen LogP contribution is 2.09. The standard InChI is InChI=1S/C13H16N2O4/c16-12(14-7-11-4-2-6-19-11)9-15-5-1-3-10(8-15)13(17)18/h2-4,6H,1,5,7-9H2,(H,14,16)(H,17,18). The number of carboxylic acids is 1. The lowest BCUT2D eigenvalue weighted by atomic mass is 10.1. The fourth-order valence-electron chi connectivity index (χ4n) is 1.95. The summed E-state index contributed by atoms with van der Waals surface area (Å²) in [4.78, 5) is 24.4. The normalized spacial score (nSPS) is 15.9. The maximum absolute atomic E-state index is 11.7. The average molecular weight is 264 g/mol. The molecule has 6 nitrogen and oxygen atoms in total. The Morgan fingerprint density at radius 1 is 1.47 bits per heavy atom. The Labute approximate surface area is 110 Å². The van der Waals surface area contributed by atoms with Crippen LogP contribution in [0.1, 0.15) is 12.2 Å². The molecule has 6 heteroatoms. The number of amides is 1. The first-order valence-electron chi connectivity index (χ1n) is 6.09. The van der Waals surface area contributed by atoms with Crippen LogP contribution in [0.25, 0.3) is 0 Å². The number of nitrogens with one attached hydrogen (secondary N) is 1. The van der Waals surface area contributed by atoms with E-state index in [1.54, 1.807) is 24.5 Å². The SMILES string of the molecule is O=C(CN1CCC=C(C(=O)O)C1)NCc1ccco1. The molecule has 0 spiro atoms. The lowest BCUT2D eigenvalue weighted by Gasteiger charge is -2.24. The summed E-state index contributed by atoms with van der Waals surface area (Å²) in [5, 5.41) is 11.6. The molecule has 0 aromatic carbocycles. The highest BCUT2D eigenvalue weighted by molar-refractivity contribution is 5.87. The van der Waals surface area contributed by atoms with Crippen LogP contribution in [0.3, 0.4) is 0 Å². The summed E-state index contributed by atoms with van der Waals surface area (Å²) in [6.45, 7) is 1.56. The summed E-state index contributed by atoms with van der Waals surface area (Å²) < 4.78 is 5.11. The van der Waals surface area contributed by atoms with Crippen LogP contribution >= 0.6 is 0 Å². The number of aliphatic carboxylic acids is 1. The van der Waals surface area contributed by atoms with Crippen LogP contribution in [0, 0.1) is 0 Å². The van der Waals surface area contributed by atoms with E-state index in [1.807, 2.05) is 4.90 Å². The molecule has 19 heavy (non-hydrogen) atoms. The van der Waals surface area contributed by atoms with Gasteiger partial charge >= 0.3 is 5.97 Å². The van der Waals surface area contributed by atoms with E-state index in [0.29, 0.717) is 37.4 Å². The molecule has 1 aromatic heterocycles. The lowest BCUT2D eigenvalue weighted by Crippen LogP contribution is -2.40. The molecule has 0 radical (unpaired) electrons. The zero-order valence-corrected chi connectivity index (χ0v) is 10.5. The number of hydrogen-bond acceptors (Lipinski definition) is 4. The number of hydrogen-bond donors (Lipinski definition) is 2. The summed E-state index contributed by atoms with van der Waals surface area (Å²) in [5.41, 5.74) is 0.352. The minimum absolute atomic E-state index is 0.136. The van der Waals surface area contributed by atoms with Crippen molar-refractivity contribution in [3.05, 3.63) is 35.8 Å². The van der Waals surface area contributed by atoms with Crippen molar-refractivity contribution in [2.24, 2.45) is 0 Å². The van der Waals surface area contributed by atoms with Gasteiger partial charge in [0.1, 0.15) is 5.76 Å². The fraction of sp³-hybridized carbons (Fsp3) is 0.385. The van der Waals surface area contributed by atoms with Gasteiger partial charge in [0.05, 0.1) is 19.4 Å². The molecular weight excluding hydrogens is 248 g/mol. The monoisotopic (exact) mass is 264 g/mol. The topological polar surface area (TPSA) is 82.8 Å². The van der Waals surface area contributed by atoms with Gasteiger partial charge in [0, 0.05) is 18.7 Å². The van der Waals surface area contributed by atoms with Gasteiger partial charge in [-0.15, -0.1) is 0 Å². The van der Waals surface area contributed by atoms with Crippen molar-refractivity contribution in [3.8, 4) is 0 Å². The van der Waals surface area contributed by atoms with Gasteiger partial charge in [-0.1, -0.05) is 6.08 Å². The molecule has 0 saturated heterocycles. The quantitative estimate of drug-likeness (QED) is 0.814. The van der Waals surface area contributed by atoms with Crippen molar-refractivity contribution >= 4 is 11.9 Å². The predicted molar refractivity (Wildman–Crippen MR) is 67.3 cm³/mol. The second-order valence-electron chi connectivity index (χ2n) is 4.39. The van der Waals surface area contributed by atoms with Gasteiger partial charge in [-0.25, -0.2) is 4.79 Å². The first kappa shape index (κ1) is 13.4. The van der Waals surface area contributed by atoms with E-state index in [-0.39, 0.29) is 12.5 Å². The van der Waals surface area contributed by atoms with Crippen LogP contribution in [-0.4, -0.2) is 41.5 Å². The van der Waals surface area contributed by atoms with E-state index in [4.69, 9.17) is 9.52 Å². The van der Waals surface area contributed by atoms with Gasteiger partial charge in [0.2, 0.25) is 5.91 Å².